The van der Waals surface area contributed by atoms with E-state index in [1.165, 1.54) is 18.4 Å². The molecular weight excluding hydrogens is 266 g/mol. The Hall–Kier alpha value is -0.840. The van der Waals surface area contributed by atoms with E-state index in [9.17, 15) is 0 Å². The van der Waals surface area contributed by atoms with Gasteiger partial charge < -0.3 is 13.9 Å². The lowest BCUT2D eigenvalue weighted by molar-refractivity contribution is -0.0467. The van der Waals surface area contributed by atoms with Crippen LogP contribution in [0.2, 0.25) is 0 Å². The highest BCUT2D eigenvalue weighted by Gasteiger charge is 2.43. The van der Waals surface area contributed by atoms with Crippen molar-refractivity contribution in [2.24, 2.45) is 5.92 Å². The lowest BCUT2D eigenvalue weighted by atomic mass is 9.88. The van der Waals surface area contributed by atoms with E-state index in [-0.39, 0.29) is 5.60 Å². The first-order chi connectivity index (χ1) is 10.3. The van der Waals surface area contributed by atoms with Crippen LogP contribution in [-0.4, -0.2) is 42.9 Å². The Labute approximate surface area is 126 Å². The van der Waals surface area contributed by atoms with Gasteiger partial charge in [-0.25, -0.2) is 0 Å². The topological polar surface area (TPSA) is 34.8 Å². The summed E-state index contributed by atoms with van der Waals surface area (Å²) in [6.45, 7) is 4.97. The van der Waals surface area contributed by atoms with Gasteiger partial charge in [0.05, 0.1) is 30.8 Å². The SMILES string of the molecule is c1cc(CN2CCC3(CC2)CC(OCC2CC2)CO3)co1. The van der Waals surface area contributed by atoms with Gasteiger partial charge in [-0.05, 0) is 37.7 Å². The summed E-state index contributed by atoms with van der Waals surface area (Å²) in [7, 11) is 0. The monoisotopic (exact) mass is 291 g/mol. The predicted molar refractivity (Wildman–Crippen MR) is 79.0 cm³/mol. The van der Waals surface area contributed by atoms with Gasteiger partial charge in [0.1, 0.15) is 0 Å². The maximum absolute atomic E-state index is 6.16. The molecule has 0 aromatic carbocycles. The van der Waals surface area contributed by atoms with Crippen molar-refractivity contribution >= 4 is 0 Å². The van der Waals surface area contributed by atoms with Gasteiger partial charge >= 0.3 is 0 Å². The maximum atomic E-state index is 6.16. The summed E-state index contributed by atoms with van der Waals surface area (Å²) in [5.41, 5.74) is 1.37. The minimum Gasteiger partial charge on any atom is -0.472 e. The minimum absolute atomic E-state index is 0.0983. The molecule has 0 N–H and O–H groups in total. The number of likely N-dealkylation sites (tertiary alicyclic amines) is 1. The summed E-state index contributed by atoms with van der Waals surface area (Å²) in [4.78, 5) is 2.50. The molecule has 116 valence electrons. The van der Waals surface area contributed by atoms with E-state index in [0.717, 1.165) is 58.0 Å². The molecule has 4 rings (SSSR count). The molecule has 2 saturated heterocycles. The molecule has 1 saturated carbocycles. The molecule has 1 unspecified atom stereocenters. The zero-order valence-corrected chi connectivity index (χ0v) is 12.6. The average Bonchev–Trinajstić information content (AvgIpc) is 3.04. The Morgan fingerprint density at radius 1 is 1.29 bits per heavy atom. The zero-order valence-electron chi connectivity index (χ0n) is 12.6. The molecule has 2 aliphatic heterocycles. The van der Waals surface area contributed by atoms with Crippen molar-refractivity contribution in [3.05, 3.63) is 24.2 Å². The number of ether oxygens (including phenoxy) is 2. The third-order valence-electron chi connectivity index (χ3n) is 5.19. The molecule has 4 heteroatoms. The van der Waals surface area contributed by atoms with Gasteiger partial charge in [0.15, 0.2) is 0 Å². The Kier molecular flexibility index (Phi) is 3.78. The first-order valence-corrected chi connectivity index (χ1v) is 8.30. The Balaban J connectivity index is 1.24. The van der Waals surface area contributed by atoms with Crippen LogP contribution in [0.4, 0.5) is 0 Å². The lowest BCUT2D eigenvalue weighted by Crippen LogP contribution is -2.43. The molecule has 3 fully saturated rings. The molecular formula is C17H25NO3. The summed E-state index contributed by atoms with van der Waals surface area (Å²) in [5.74, 6) is 0.846. The Bertz CT molecular complexity index is 447. The third-order valence-corrected chi connectivity index (χ3v) is 5.19. The van der Waals surface area contributed by atoms with Crippen LogP contribution < -0.4 is 0 Å². The smallest absolute Gasteiger partial charge is 0.0947 e. The van der Waals surface area contributed by atoms with E-state index in [0.29, 0.717) is 6.10 Å². The number of rotatable bonds is 5. The standard InChI is InChI=1S/C17H25NO3/c1-2-14(1)12-20-16-9-17(21-13-16)4-6-18(7-5-17)10-15-3-8-19-11-15/h3,8,11,14,16H,1-2,4-7,9-10,12-13H2. The van der Waals surface area contributed by atoms with Gasteiger partial charge in [-0.2, -0.15) is 0 Å². The number of nitrogens with zero attached hydrogens (tertiary/aromatic N) is 1. The van der Waals surface area contributed by atoms with Crippen molar-refractivity contribution in [2.45, 2.75) is 50.4 Å². The van der Waals surface area contributed by atoms with Crippen molar-refractivity contribution in [3.63, 3.8) is 0 Å². The molecule has 1 aromatic heterocycles. The van der Waals surface area contributed by atoms with Crippen LogP contribution in [0.5, 0.6) is 0 Å². The fourth-order valence-corrected chi connectivity index (χ4v) is 3.57. The van der Waals surface area contributed by atoms with Gasteiger partial charge in [-0.3, -0.25) is 4.90 Å². The van der Waals surface area contributed by atoms with Gasteiger partial charge in [-0.1, -0.05) is 0 Å². The quantitative estimate of drug-likeness (QED) is 0.835. The number of hydrogen-bond donors (Lipinski definition) is 0. The second-order valence-corrected chi connectivity index (χ2v) is 7.00. The molecule has 0 bridgehead atoms. The molecule has 1 aromatic rings. The zero-order chi connectivity index (χ0) is 14.1. The lowest BCUT2D eigenvalue weighted by Gasteiger charge is -2.38. The summed E-state index contributed by atoms with van der Waals surface area (Å²) < 4.78 is 17.3. The third kappa shape index (κ3) is 3.33. The fraction of sp³-hybridized carbons (Fsp3) is 0.765. The van der Waals surface area contributed by atoms with E-state index in [2.05, 4.69) is 11.0 Å². The second-order valence-electron chi connectivity index (χ2n) is 7.00. The highest BCUT2D eigenvalue weighted by molar-refractivity contribution is 5.05. The molecule has 0 amide bonds. The van der Waals surface area contributed by atoms with Crippen molar-refractivity contribution in [3.8, 4) is 0 Å². The van der Waals surface area contributed by atoms with Crippen LogP contribution in [0, 0.1) is 5.92 Å². The van der Waals surface area contributed by atoms with Crippen molar-refractivity contribution in [1.82, 2.24) is 4.90 Å². The van der Waals surface area contributed by atoms with Crippen LogP contribution in [0.25, 0.3) is 0 Å². The minimum atomic E-state index is 0.0983. The predicted octanol–water partition coefficient (Wildman–Crippen LogP) is 2.83. The first-order valence-electron chi connectivity index (χ1n) is 8.30. The molecule has 3 heterocycles. The Morgan fingerprint density at radius 2 is 2.14 bits per heavy atom. The van der Waals surface area contributed by atoms with Gasteiger partial charge in [0.2, 0.25) is 0 Å². The van der Waals surface area contributed by atoms with Crippen LogP contribution >= 0.6 is 0 Å². The number of hydrogen-bond acceptors (Lipinski definition) is 4. The molecule has 3 aliphatic rings. The van der Waals surface area contributed by atoms with Crippen molar-refractivity contribution in [1.29, 1.82) is 0 Å². The van der Waals surface area contributed by atoms with Gasteiger partial charge in [0.25, 0.3) is 0 Å². The number of piperidine rings is 1. The molecule has 1 aliphatic carbocycles. The van der Waals surface area contributed by atoms with E-state index in [1.807, 2.05) is 6.26 Å². The van der Waals surface area contributed by atoms with Crippen molar-refractivity contribution in [2.75, 3.05) is 26.3 Å². The summed E-state index contributed by atoms with van der Waals surface area (Å²) in [6, 6.07) is 2.05. The van der Waals surface area contributed by atoms with Gasteiger partial charge in [-0.15, -0.1) is 0 Å². The molecule has 1 atom stereocenters. The second kappa shape index (κ2) is 5.75. The fourth-order valence-electron chi connectivity index (χ4n) is 3.57. The van der Waals surface area contributed by atoms with Crippen molar-refractivity contribution < 1.29 is 13.9 Å². The van der Waals surface area contributed by atoms with Crippen LogP contribution in [0.3, 0.4) is 0 Å². The normalized spacial score (nSPS) is 29.2. The van der Waals surface area contributed by atoms with E-state index in [4.69, 9.17) is 13.9 Å². The molecule has 21 heavy (non-hydrogen) atoms. The average molecular weight is 291 g/mol. The summed E-state index contributed by atoms with van der Waals surface area (Å²) >= 11 is 0. The Morgan fingerprint density at radius 3 is 2.86 bits per heavy atom. The highest BCUT2D eigenvalue weighted by Crippen LogP contribution is 2.38. The van der Waals surface area contributed by atoms with Crippen LogP contribution in [-0.2, 0) is 16.0 Å². The molecule has 0 radical (unpaired) electrons. The summed E-state index contributed by atoms with van der Waals surface area (Å²) in [5, 5.41) is 0. The van der Waals surface area contributed by atoms with Crippen LogP contribution in [0.1, 0.15) is 37.7 Å². The first kappa shape index (κ1) is 13.8. The number of furan rings is 1. The molecule has 1 spiro atoms. The van der Waals surface area contributed by atoms with E-state index in [1.54, 1.807) is 6.26 Å². The highest BCUT2D eigenvalue weighted by atomic mass is 16.6. The van der Waals surface area contributed by atoms with Crippen LogP contribution in [0.15, 0.2) is 23.0 Å². The largest absolute Gasteiger partial charge is 0.472 e. The van der Waals surface area contributed by atoms with E-state index >= 15 is 0 Å². The molecule has 4 nitrogen and oxygen atoms in total. The van der Waals surface area contributed by atoms with E-state index < -0.39 is 0 Å². The maximum Gasteiger partial charge on any atom is 0.0947 e. The summed E-state index contributed by atoms with van der Waals surface area (Å²) in [6.07, 6.45) is 10.0. The van der Waals surface area contributed by atoms with Gasteiger partial charge in [0, 0.05) is 38.2 Å².